The Labute approximate surface area is 112 Å². The largest absolute Gasteiger partial charge is 0.301 e. The van der Waals surface area contributed by atoms with Gasteiger partial charge in [0.15, 0.2) is 0 Å². The minimum absolute atomic E-state index is 0.333. The molecule has 94 valence electrons. The number of aryl methyl sites for hydroxylation is 2. The van der Waals surface area contributed by atoms with Crippen molar-refractivity contribution in [2.24, 2.45) is 0 Å². The van der Waals surface area contributed by atoms with E-state index in [0.29, 0.717) is 12.1 Å². The highest BCUT2D eigenvalue weighted by Gasteiger charge is 2.24. The lowest BCUT2D eigenvalue weighted by Crippen LogP contribution is -2.22. The van der Waals surface area contributed by atoms with E-state index in [-0.39, 0.29) is 0 Å². The van der Waals surface area contributed by atoms with Crippen LogP contribution in [0.3, 0.4) is 0 Å². The molecule has 2 unspecified atom stereocenters. The SMILES string of the molecule is Cc1csc(C(C)NC2CCc3ccccc32)n1. The molecular formula is C15H18N2S. The Balaban J connectivity index is 1.75. The van der Waals surface area contributed by atoms with Gasteiger partial charge >= 0.3 is 0 Å². The molecule has 1 aliphatic carbocycles. The summed E-state index contributed by atoms with van der Waals surface area (Å²) in [6, 6.07) is 9.58. The molecular weight excluding hydrogens is 240 g/mol. The molecule has 0 spiro atoms. The Morgan fingerprint density at radius 2 is 2.22 bits per heavy atom. The van der Waals surface area contributed by atoms with Gasteiger partial charge in [-0.1, -0.05) is 24.3 Å². The Morgan fingerprint density at radius 1 is 1.39 bits per heavy atom. The first-order chi connectivity index (χ1) is 8.74. The second kappa shape index (κ2) is 4.82. The van der Waals surface area contributed by atoms with Crippen molar-refractivity contribution < 1.29 is 0 Å². The highest BCUT2D eigenvalue weighted by molar-refractivity contribution is 7.09. The zero-order valence-electron chi connectivity index (χ0n) is 10.8. The van der Waals surface area contributed by atoms with Crippen LogP contribution in [0.25, 0.3) is 0 Å². The van der Waals surface area contributed by atoms with Crippen molar-refractivity contribution in [2.45, 2.75) is 38.8 Å². The van der Waals surface area contributed by atoms with Gasteiger partial charge in [0.05, 0.1) is 6.04 Å². The molecule has 1 aromatic heterocycles. The van der Waals surface area contributed by atoms with Crippen LogP contribution in [0.1, 0.15) is 47.3 Å². The van der Waals surface area contributed by atoms with Crippen molar-refractivity contribution in [1.82, 2.24) is 10.3 Å². The van der Waals surface area contributed by atoms with E-state index in [1.54, 1.807) is 11.3 Å². The van der Waals surface area contributed by atoms with E-state index < -0.39 is 0 Å². The van der Waals surface area contributed by atoms with Crippen molar-refractivity contribution in [1.29, 1.82) is 0 Å². The molecule has 1 aromatic carbocycles. The van der Waals surface area contributed by atoms with Gasteiger partial charge < -0.3 is 5.32 Å². The molecule has 0 aliphatic heterocycles. The fourth-order valence-electron chi connectivity index (χ4n) is 2.67. The molecule has 2 nitrogen and oxygen atoms in total. The topological polar surface area (TPSA) is 24.9 Å². The monoisotopic (exact) mass is 258 g/mol. The third kappa shape index (κ3) is 2.20. The predicted octanol–water partition coefficient (Wildman–Crippen LogP) is 3.79. The first kappa shape index (κ1) is 11.9. The lowest BCUT2D eigenvalue weighted by molar-refractivity contribution is 0.463. The van der Waals surface area contributed by atoms with Crippen LogP contribution < -0.4 is 5.32 Å². The quantitative estimate of drug-likeness (QED) is 0.906. The van der Waals surface area contributed by atoms with Crippen LogP contribution in [0.15, 0.2) is 29.6 Å². The van der Waals surface area contributed by atoms with E-state index >= 15 is 0 Å². The zero-order chi connectivity index (χ0) is 12.5. The van der Waals surface area contributed by atoms with Gasteiger partial charge in [-0.2, -0.15) is 0 Å². The van der Waals surface area contributed by atoms with Gasteiger partial charge in [0.1, 0.15) is 5.01 Å². The standard InChI is InChI=1S/C15H18N2S/c1-10-9-18-15(16-10)11(2)17-14-8-7-12-5-3-4-6-13(12)14/h3-6,9,11,14,17H,7-8H2,1-2H3. The first-order valence-corrected chi connectivity index (χ1v) is 7.38. The van der Waals surface area contributed by atoms with Gasteiger partial charge in [-0.15, -0.1) is 11.3 Å². The fourth-order valence-corrected chi connectivity index (χ4v) is 3.49. The third-order valence-corrected chi connectivity index (χ3v) is 4.74. The van der Waals surface area contributed by atoms with Crippen LogP contribution in [0, 0.1) is 6.92 Å². The summed E-state index contributed by atoms with van der Waals surface area (Å²) < 4.78 is 0. The van der Waals surface area contributed by atoms with Crippen LogP contribution in [-0.2, 0) is 6.42 Å². The van der Waals surface area contributed by atoms with Crippen LogP contribution >= 0.6 is 11.3 Å². The molecule has 3 rings (SSSR count). The van der Waals surface area contributed by atoms with Gasteiger partial charge in [-0.3, -0.25) is 0 Å². The highest BCUT2D eigenvalue weighted by atomic mass is 32.1. The number of rotatable bonds is 3. The Morgan fingerprint density at radius 3 is 3.00 bits per heavy atom. The lowest BCUT2D eigenvalue weighted by atomic mass is 10.1. The third-order valence-electron chi connectivity index (χ3n) is 3.59. The average Bonchev–Trinajstić information content (AvgIpc) is 2.97. The van der Waals surface area contributed by atoms with Crippen LogP contribution in [0.2, 0.25) is 0 Å². The molecule has 2 atom stereocenters. The molecule has 2 aromatic rings. The molecule has 1 heterocycles. The molecule has 0 bridgehead atoms. The number of benzene rings is 1. The smallest absolute Gasteiger partial charge is 0.110 e. The molecule has 1 N–H and O–H groups in total. The van der Waals surface area contributed by atoms with E-state index in [1.807, 2.05) is 0 Å². The van der Waals surface area contributed by atoms with Gasteiger partial charge in [0.25, 0.3) is 0 Å². The zero-order valence-corrected chi connectivity index (χ0v) is 11.6. The molecule has 0 saturated carbocycles. The fraction of sp³-hybridized carbons (Fsp3) is 0.400. The van der Waals surface area contributed by atoms with Gasteiger partial charge in [0, 0.05) is 17.1 Å². The van der Waals surface area contributed by atoms with E-state index in [0.717, 1.165) is 5.69 Å². The number of fused-ring (bicyclic) bond motifs is 1. The normalized spacial score (nSPS) is 19.8. The minimum Gasteiger partial charge on any atom is -0.301 e. The molecule has 3 heteroatoms. The number of thiazole rings is 1. The predicted molar refractivity (Wildman–Crippen MR) is 75.9 cm³/mol. The maximum absolute atomic E-state index is 4.56. The maximum Gasteiger partial charge on any atom is 0.110 e. The van der Waals surface area contributed by atoms with E-state index in [1.165, 1.54) is 29.0 Å². The van der Waals surface area contributed by atoms with E-state index in [4.69, 9.17) is 0 Å². The minimum atomic E-state index is 0.333. The molecule has 0 fully saturated rings. The second-order valence-corrected chi connectivity index (χ2v) is 5.90. The second-order valence-electron chi connectivity index (χ2n) is 5.01. The summed E-state index contributed by atoms with van der Waals surface area (Å²) in [6.45, 7) is 4.26. The van der Waals surface area contributed by atoms with Crippen molar-refractivity contribution in [2.75, 3.05) is 0 Å². The Kier molecular flexibility index (Phi) is 3.18. The lowest BCUT2D eigenvalue weighted by Gasteiger charge is -2.18. The summed E-state index contributed by atoms with van der Waals surface area (Å²) in [5, 5.41) is 7.03. The van der Waals surface area contributed by atoms with Crippen LogP contribution in [0.5, 0.6) is 0 Å². The van der Waals surface area contributed by atoms with Crippen molar-refractivity contribution >= 4 is 11.3 Å². The summed E-state index contributed by atoms with van der Waals surface area (Å²) in [5.74, 6) is 0. The van der Waals surface area contributed by atoms with E-state index in [9.17, 15) is 0 Å². The molecule has 0 radical (unpaired) electrons. The number of hydrogen-bond donors (Lipinski definition) is 1. The average molecular weight is 258 g/mol. The number of nitrogens with one attached hydrogen (secondary N) is 1. The van der Waals surface area contributed by atoms with E-state index in [2.05, 4.69) is 53.8 Å². The number of nitrogens with zero attached hydrogens (tertiary/aromatic N) is 1. The van der Waals surface area contributed by atoms with Crippen molar-refractivity contribution in [3.05, 3.63) is 51.5 Å². The Bertz CT molecular complexity index is 547. The maximum atomic E-state index is 4.56. The number of aromatic nitrogens is 1. The van der Waals surface area contributed by atoms with Gasteiger partial charge in [-0.25, -0.2) is 4.98 Å². The molecule has 0 saturated heterocycles. The summed E-state index contributed by atoms with van der Waals surface area (Å²) in [6.07, 6.45) is 2.39. The summed E-state index contributed by atoms with van der Waals surface area (Å²) in [7, 11) is 0. The number of hydrogen-bond acceptors (Lipinski definition) is 3. The molecule has 0 amide bonds. The van der Waals surface area contributed by atoms with Crippen molar-refractivity contribution in [3.8, 4) is 0 Å². The summed E-state index contributed by atoms with van der Waals surface area (Å²) in [5.41, 5.74) is 4.09. The molecule has 18 heavy (non-hydrogen) atoms. The Hall–Kier alpha value is -1.19. The van der Waals surface area contributed by atoms with Crippen LogP contribution in [0.4, 0.5) is 0 Å². The van der Waals surface area contributed by atoms with Gasteiger partial charge in [-0.05, 0) is 37.8 Å². The summed E-state index contributed by atoms with van der Waals surface area (Å²) in [4.78, 5) is 4.56. The van der Waals surface area contributed by atoms with Crippen LogP contribution in [-0.4, -0.2) is 4.98 Å². The van der Waals surface area contributed by atoms with Gasteiger partial charge in [0.2, 0.25) is 0 Å². The summed E-state index contributed by atoms with van der Waals surface area (Å²) >= 11 is 1.75. The van der Waals surface area contributed by atoms with Crippen molar-refractivity contribution in [3.63, 3.8) is 0 Å². The molecule has 1 aliphatic rings. The first-order valence-electron chi connectivity index (χ1n) is 6.50. The highest BCUT2D eigenvalue weighted by Crippen LogP contribution is 2.33.